The van der Waals surface area contributed by atoms with Gasteiger partial charge in [0, 0.05) is 0 Å². The molecule has 1 aliphatic carbocycles. The fraction of sp³-hybridized carbons (Fsp3) is 0.133. The Bertz CT molecular complexity index is 672. The molecular formula is C15H12Li2N4. The molecule has 1 aliphatic heterocycles. The quantitative estimate of drug-likeness (QED) is 0.424. The Kier molecular flexibility index (Phi) is 5.09. The first-order chi connectivity index (χ1) is 9.40. The molecule has 2 aliphatic rings. The first-order valence-electron chi connectivity index (χ1n) is 6.32. The minimum atomic E-state index is 0. The van der Waals surface area contributed by atoms with Crippen LogP contribution in [-0.2, 0) is 0 Å². The first-order valence-corrected chi connectivity index (χ1v) is 6.32. The molecule has 6 heteroatoms. The number of hydrogen-bond donors (Lipinski definition) is 0. The molecule has 21 heavy (non-hydrogen) atoms. The van der Waals surface area contributed by atoms with Crippen molar-refractivity contribution in [3.05, 3.63) is 66.9 Å². The zero-order chi connectivity index (χ0) is 12.7. The average molecular weight is 262 g/mol. The molecule has 94 valence electrons. The van der Waals surface area contributed by atoms with Crippen LogP contribution in [0.3, 0.4) is 0 Å². The smallest absolute Gasteiger partial charge is 0.688 e. The van der Waals surface area contributed by atoms with Crippen LogP contribution in [0.4, 0.5) is 0 Å². The monoisotopic (exact) mass is 262 g/mol. The molecule has 0 fully saturated rings. The minimum absolute atomic E-state index is 0. The van der Waals surface area contributed by atoms with E-state index in [0.717, 1.165) is 16.6 Å². The average Bonchev–Trinajstić information content (AvgIpc) is 3.03. The van der Waals surface area contributed by atoms with Gasteiger partial charge in [-0.3, -0.25) is 5.69 Å². The van der Waals surface area contributed by atoms with Crippen molar-refractivity contribution >= 4 is 10.9 Å². The summed E-state index contributed by atoms with van der Waals surface area (Å²) in [4.78, 5) is 4.57. The molecule has 2 heterocycles. The first kappa shape index (κ1) is 16.1. The molecule has 2 aromatic rings. The summed E-state index contributed by atoms with van der Waals surface area (Å²) in [7, 11) is 0. The standard InChI is InChI=1S/C15H12N4.2Li/c1-2-6-13-11(5-1)9-12(16-13)10-19-15-8-4-3-7-14(15)17-18-19;;/h1-10,14-15H;;/q-2;2*+1. The van der Waals surface area contributed by atoms with Crippen LogP contribution in [-0.4, -0.2) is 17.1 Å². The summed E-state index contributed by atoms with van der Waals surface area (Å²) in [5.74, 6) is 0. The summed E-state index contributed by atoms with van der Waals surface area (Å²) < 4.78 is 0. The van der Waals surface area contributed by atoms with Gasteiger partial charge < -0.3 is 9.99 Å². The fourth-order valence-electron chi connectivity index (χ4n) is 2.47. The van der Waals surface area contributed by atoms with Crippen molar-refractivity contribution < 1.29 is 37.7 Å². The molecule has 1 aromatic heterocycles. The SMILES string of the molecule is C1=CC2N=NN([CH-]c3cc4ccccc4[n-]3)C2C=C1.[Li+].[Li+]. The van der Waals surface area contributed by atoms with Gasteiger partial charge in [0.15, 0.2) is 0 Å². The molecule has 2 atom stereocenters. The molecule has 0 saturated heterocycles. The van der Waals surface area contributed by atoms with Crippen molar-refractivity contribution in [2.45, 2.75) is 12.1 Å². The zero-order valence-electron chi connectivity index (χ0n) is 12.2. The predicted octanol–water partition coefficient (Wildman–Crippen LogP) is -3.14. The van der Waals surface area contributed by atoms with E-state index >= 15 is 0 Å². The van der Waals surface area contributed by atoms with Crippen LogP contribution in [0.1, 0.15) is 5.69 Å². The van der Waals surface area contributed by atoms with E-state index in [1.54, 1.807) is 0 Å². The van der Waals surface area contributed by atoms with E-state index in [9.17, 15) is 0 Å². The van der Waals surface area contributed by atoms with Gasteiger partial charge in [0.25, 0.3) is 0 Å². The number of benzene rings is 1. The number of aromatic nitrogens is 1. The number of hydrogen-bond acceptors (Lipinski definition) is 3. The largest absolute Gasteiger partial charge is 1.00 e. The predicted molar refractivity (Wildman–Crippen MR) is 73.2 cm³/mol. The number of allylic oxidation sites excluding steroid dienone is 2. The Hall–Kier alpha value is -1.30. The maximum Gasteiger partial charge on any atom is 1.00 e. The number of para-hydroxylation sites is 1. The fourth-order valence-corrected chi connectivity index (χ4v) is 2.47. The van der Waals surface area contributed by atoms with Gasteiger partial charge in [-0.2, -0.15) is 5.11 Å². The second-order valence-corrected chi connectivity index (χ2v) is 4.70. The molecule has 0 saturated carbocycles. The Morgan fingerprint density at radius 3 is 2.76 bits per heavy atom. The van der Waals surface area contributed by atoms with E-state index in [2.05, 4.69) is 39.6 Å². The summed E-state index contributed by atoms with van der Waals surface area (Å²) in [6.07, 6.45) is 8.23. The van der Waals surface area contributed by atoms with Crippen LogP contribution in [0.25, 0.3) is 10.9 Å². The summed E-state index contributed by atoms with van der Waals surface area (Å²) in [5.41, 5.74) is 1.93. The van der Waals surface area contributed by atoms with Crippen molar-refractivity contribution in [2.75, 3.05) is 0 Å². The van der Waals surface area contributed by atoms with Gasteiger partial charge >= 0.3 is 37.7 Å². The number of nitrogens with zero attached hydrogens (tertiary/aromatic N) is 4. The van der Waals surface area contributed by atoms with Gasteiger partial charge in [0.05, 0.1) is 6.04 Å². The van der Waals surface area contributed by atoms with Crippen LogP contribution in [0, 0.1) is 6.54 Å². The third-order valence-electron chi connectivity index (χ3n) is 3.43. The Labute approximate surface area is 147 Å². The van der Waals surface area contributed by atoms with Gasteiger partial charge in [-0.05, 0) is 0 Å². The third kappa shape index (κ3) is 3.00. The molecule has 0 N–H and O–H groups in total. The van der Waals surface area contributed by atoms with Crippen LogP contribution >= 0.6 is 0 Å². The molecule has 0 amide bonds. The molecule has 0 radical (unpaired) electrons. The minimum Gasteiger partial charge on any atom is -0.688 e. The molecule has 0 spiro atoms. The maximum absolute atomic E-state index is 4.57. The van der Waals surface area contributed by atoms with Gasteiger partial charge in [-0.25, -0.2) is 6.07 Å². The van der Waals surface area contributed by atoms with Crippen LogP contribution in [0.2, 0.25) is 0 Å². The van der Waals surface area contributed by atoms with Gasteiger partial charge in [-0.1, -0.05) is 53.8 Å². The zero-order valence-corrected chi connectivity index (χ0v) is 12.2. The summed E-state index contributed by atoms with van der Waals surface area (Å²) in [5, 5.41) is 11.5. The molecule has 1 aromatic carbocycles. The Balaban J connectivity index is 0.000000807. The topological polar surface area (TPSA) is 42.1 Å². The van der Waals surface area contributed by atoms with Gasteiger partial charge in [-0.15, -0.1) is 17.4 Å². The van der Waals surface area contributed by atoms with E-state index in [-0.39, 0.29) is 49.8 Å². The second kappa shape index (κ2) is 6.64. The molecular weight excluding hydrogens is 250 g/mol. The normalized spacial score (nSPS) is 21.8. The van der Waals surface area contributed by atoms with Crippen LogP contribution in [0.5, 0.6) is 0 Å². The Morgan fingerprint density at radius 2 is 1.90 bits per heavy atom. The second-order valence-electron chi connectivity index (χ2n) is 4.70. The molecule has 0 bridgehead atoms. The van der Waals surface area contributed by atoms with Crippen molar-refractivity contribution in [2.24, 2.45) is 10.3 Å². The third-order valence-corrected chi connectivity index (χ3v) is 3.43. The van der Waals surface area contributed by atoms with E-state index in [4.69, 9.17) is 0 Å². The van der Waals surface area contributed by atoms with Gasteiger partial charge in [0.1, 0.15) is 6.04 Å². The van der Waals surface area contributed by atoms with Crippen LogP contribution in [0.15, 0.2) is 65.0 Å². The molecule has 4 nitrogen and oxygen atoms in total. The number of rotatable bonds is 2. The Morgan fingerprint density at radius 1 is 1.10 bits per heavy atom. The number of fused-ring (bicyclic) bond motifs is 2. The molecule has 4 rings (SSSR count). The summed E-state index contributed by atoms with van der Waals surface area (Å²) in [6, 6.07) is 10.5. The molecule has 2 unspecified atom stereocenters. The van der Waals surface area contributed by atoms with E-state index in [1.165, 1.54) is 0 Å². The van der Waals surface area contributed by atoms with Crippen molar-refractivity contribution in [3.63, 3.8) is 0 Å². The van der Waals surface area contributed by atoms with Gasteiger partial charge in [0.2, 0.25) is 0 Å². The van der Waals surface area contributed by atoms with Crippen LogP contribution < -0.4 is 42.7 Å². The van der Waals surface area contributed by atoms with E-state index in [0.29, 0.717) is 0 Å². The van der Waals surface area contributed by atoms with Crippen molar-refractivity contribution in [3.8, 4) is 0 Å². The maximum atomic E-state index is 4.57. The van der Waals surface area contributed by atoms with E-state index < -0.39 is 0 Å². The van der Waals surface area contributed by atoms with Crippen molar-refractivity contribution in [1.82, 2.24) is 9.99 Å². The summed E-state index contributed by atoms with van der Waals surface area (Å²) in [6.45, 7) is 1.96. The van der Waals surface area contributed by atoms with Crippen molar-refractivity contribution in [1.29, 1.82) is 0 Å². The summed E-state index contributed by atoms with van der Waals surface area (Å²) >= 11 is 0. The van der Waals surface area contributed by atoms with E-state index in [1.807, 2.05) is 41.9 Å².